The molecule has 4 nitrogen and oxygen atoms in total. The van der Waals surface area contributed by atoms with E-state index in [0.29, 0.717) is 6.54 Å². The third-order valence-electron chi connectivity index (χ3n) is 4.56. The van der Waals surface area contributed by atoms with E-state index in [1.807, 2.05) is 42.3 Å². The number of anilines is 1. The van der Waals surface area contributed by atoms with Crippen molar-refractivity contribution in [1.29, 1.82) is 0 Å². The lowest BCUT2D eigenvalue weighted by molar-refractivity contribution is 0.199. The van der Waals surface area contributed by atoms with Crippen molar-refractivity contribution in [3.8, 4) is 11.3 Å². The van der Waals surface area contributed by atoms with E-state index in [4.69, 9.17) is 10.1 Å². The SMILES string of the molecule is Cc1cc(-c2ccc(N(C)CCO)cc2)nc2cc(C(C)O)ccc12. The maximum atomic E-state index is 9.81. The quantitative estimate of drug-likeness (QED) is 0.746. The molecule has 0 saturated carbocycles. The molecule has 1 unspecified atom stereocenters. The Morgan fingerprint density at radius 3 is 2.44 bits per heavy atom. The zero-order chi connectivity index (χ0) is 18.0. The summed E-state index contributed by atoms with van der Waals surface area (Å²) in [4.78, 5) is 6.81. The Labute approximate surface area is 148 Å². The monoisotopic (exact) mass is 336 g/mol. The van der Waals surface area contributed by atoms with Crippen LogP contribution in [0.25, 0.3) is 22.2 Å². The van der Waals surface area contributed by atoms with Crippen LogP contribution in [0.1, 0.15) is 24.2 Å². The van der Waals surface area contributed by atoms with E-state index in [2.05, 4.69) is 25.1 Å². The first-order valence-electron chi connectivity index (χ1n) is 8.51. The summed E-state index contributed by atoms with van der Waals surface area (Å²) in [6, 6.07) is 16.2. The molecule has 1 heterocycles. The smallest absolute Gasteiger partial charge is 0.0762 e. The van der Waals surface area contributed by atoms with Crippen LogP contribution in [0.2, 0.25) is 0 Å². The van der Waals surface area contributed by atoms with Crippen LogP contribution in [-0.2, 0) is 0 Å². The fourth-order valence-corrected chi connectivity index (χ4v) is 2.99. The topological polar surface area (TPSA) is 56.6 Å². The predicted molar refractivity (Wildman–Crippen MR) is 103 cm³/mol. The second-order valence-electron chi connectivity index (χ2n) is 6.47. The molecule has 1 atom stereocenters. The number of nitrogens with zero attached hydrogens (tertiary/aromatic N) is 2. The van der Waals surface area contributed by atoms with E-state index in [9.17, 15) is 5.11 Å². The largest absolute Gasteiger partial charge is 0.395 e. The number of aromatic nitrogens is 1. The van der Waals surface area contributed by atoms with E-state index in [1.54, 1.807) is 6.92 Å². The standard InChI is InChI=1S/C21H24N2O2/c1-14-12-20(16-4-7-18(8-5-16)23(3)10-11-24)22-21-13-17(15(2)25)6-9-19(14)21/h4-9,12-13,15,24-25H,10-11H2,1-3H3. The average molecular weight is 336 g/mol. The van der Waals surface area contributed by atoms with Gasteiger partial charge < -0.3 is 15.1 Å². The van der Waals surface area contributed by atoms with Gasteiger partial charge in [0, 0.05) is 30.2 Å². The highest BCUT2D eigenvalue weighted by Gasteiger charge is 2.09. The molecule has 2 aromatic carbocycles. The molecular weight excluding hydrogens is 312 g/mol. The minimum atomic E-state index is -0.503. The van der Waals surface area contributed by atoms with Crippen molar-refractivity contribution in [3.63, 3.8) is 0 Å². The number of hydrogen-bond donors (Lipinski definition) is 2. The van der Waals surface area contributed by atoms with Crippen molar-refractivity contribution in [3.05, 3.63) is 59.7 Å². The lowest BCUT2D eigenvalue weighted by Crippen LogP contribution is -2.20. The van der Waals surface area contributed by atoms with Crippen LogP contribution in [0.3, 0.4) is 0 Å². The van der Waals surface area contributed by atoms with Crippen LogP contribution in [0.5, 0.6) is 0 Å². The molecule has 130 valence electrons. The number of benzene rings is 2. The van der Waals surface area contributed by atoms with Gasteiger partial charge in [0.2, 0.25) is 0 Å². The van der Waals surface area contributed by atoms with Crippen LogP contribution in [0, 0.1) is 6.92 Å². The first kappa shape index (κ1) is 17.4. The second-order valence-corrected chi connectivity index (χ2v) is 6.47. The van der Waals surface area contributed by atoms with Crippen molar-refractivity contribution < 1.29 is 10.2 Å². The number of aliphatic hydroxyl groups is 2. The Morgan fingerprint density at radius 1 is 1.08 bits per heavy atom. The molecule has 3 rings (SSSR count). The Hall–Kier alpha value is -2.43. The molecule has 3 aromatic rings. The molecular formula is C21H24N2O2. The predicted octanol–water partition coefficient (Wildman–Crippen LogP) is 3.69. The zero-order valence-corrected chi connectivity index (χ0v) is 14.9. The summed E-state index contributed by atoms with van der Waals surface area (Å²) in [6.07, 6.45) is -0.503. The molecule has 0 saturated heterocycles. The van der Waals surface area contributed by atoms with Gasteiger partial charge >= 0.3 is 0 Å². The van der Waals surface area contributed by atoms with Crippen molar-refractivity contribution >= 4 is 16.6 Å². The fourth-order valence-electron chi connectivity index (χ4n) is 2.99. The molecule has 1 aromatic heterocycles. The Bertz CT molecular complexity index is 873. The number of hydrogen-bond acceptors (Lipinski definition) is 4. The van der Waals surface area contributed by atoms with Gasteiger partial charge in [0.25, 0.3) is 0 Å². The number of pyridine rings is 1. The molecule has 4 heteroatoms. The maximum Gasteiger partial charge on any atom is 0.0762 e. The van der Waals surface area contributed by atoms with Gasteiger partial charge in [-0.2, -0.15) is 0 Å². The van der Waals surface area contributed by atoms with Gasteiger partial charge in [-0.1, -0.05) is 24.3 Å². The van der Waals surface area contributed by atoms with E-state index in [-0.39, 0.29) is 6.61 Å². The molecule has 2 N–H and O–H groups in total. The van der Waals surface area contributed by atoms with Gasteiger partial charge in [-0.3, -0.25) is 0 Å². The fraction of sp³-hybridized carbons (Fsp3) is 0.286. The Kier molecular flexibility index (Phi) is 5.02. The summed E-state index contributed by atoms with van der Waals surface area (Å²) in [6.45, 7) is 4.59. The highest BCUT2D eigenvalue weighted by Crippen LogP contribution is 2.27. The maximum absolute atomic E-state index is 9.81. The van der Waals surface area contributed by atoms with E-state index in [1.165, 1.54) is 5.56 Å². The lowest BCUT2D eigenvalue weighted by Gasteiger charge is -2.18. The normalized spacial score (nSPS) is 12.4. The molecule has 0 aliphatic heterocycles. The molecule has 0 spiro atoms. The summed E-state index contributed by atoms with van der Waals surface area (Å²) in [5.41, 5.74) is 5.97. The third kappa shape index (κ3) is 3.65. The first-order chi connectivity index (χ1) is 12.0. The van der Waals surface area contributed by atoms with Crippen LogP contribution in [0.4, 0.5) is 5.69 Å². The van der Waals surface area contributed by atoms with Crippen LogP contribution in [0.15, 0.2) is 48.5 Å². The molecule has 0 radical (unpaired) electrons. The van der Waals surface area contributed by atoms with Crippen molar-refractivity contribution in [2.75, 3.05) is 25.1 Å². The van der Waals surface area contributed by atoms with Gasteiger partial charge in [-0.15, -0.1) is 0 Å². The van der Waals surface area contributed by atoms with Crippen molar-refractivity contribution in [2.45, 2.75) is 20.0 Å². The van der Waals surface area contributed by atoms with Crippen LogP contribution < -0.4 is 4.90 Å². The van der Waals surface area contributed by atoms with E-state index < -0.39 is 6.10 Å². The zero-order valence-electron chi connectivity index (χ0n) is 14.9. The van der Waals surface area contributed by atoms with E-state index in [0.717, 1.165) is 33.4 Å². The second kappa shape index (κ2) is 7.21. The lowest BCUT2D eigenvalue weighted by atomic mass is 10.0. The highest BCUT2D eigenvalue weighted by atomic mass is 16.3. The first-order valence-corrected chi connectivity index (χ1v) is 8.51. The number of aryl methyl sites for hydroxylation is 1. The minimum Gasteiger partial charge on any atom is -0.395 e. The van der Waals surface area contributed by atoms with Crippen molar-refractivity contribution in [2.24, 2.45) is 0 Å². The summed E-state index contributed by atoms with van der Waals surface area (Å²) in [5, 5.41) is 20.0. The van der Waals surface area contributed by atoms with Crippen LogP contribution >= 0.6 is 0 Å². The molecule has 0 aliphatic carbocycles. The summed E-state index contributed by atoms with van der Waals surface area (Å²) >= 11 is 0. The molecule has 0 fully saturated rings. The highest BCUT2D eigenvalue weighted by molar-refractivity contribution is 5.85. The average Bonchev–Trinajstić information content (AvgIpc) is 2.61. The Balaban J connectivity index is 2.00. The summed E-state index contributed by atoms with van der Waals surface area (Å²) < 4.78 is 0. The number of fused-ring (bicyclic) bond motifs is 1. The molecule has 0 amide bonds. The van der Waals surface area contributed by atoms with Gasteiger partial charge in [0.1, 0.15) is 0 Å². The number of rotatable bonds is 5. The van der Waals surface area contributed by atoms with Gasteiger partial charge in [0.05, 0.1) is 23.9 Å². The summed E-state index contributed by atoms with van der Waals surface area (Å²) in [5.74, 6) is 0. The molecule has 0 bridgehead atoms. The number of aliphatic hydroxyl groups excluding tert-OH is 2. The van der Waals surface area contributed by atoms with Gasteiger partial charge in [-0.25, -0.2) is 4.98 Å². The number of likely N-dealkylation sites (N-methyl/N-ethyl adjacent to an activating group) is 1. The van der Waals surface area contributed by atoms with Crippen molar-refractivity contribution in [1.82, 2.24) is 4.98 Å². The van der Waals surface area contributed by atoms with Gasteiger partial charge in [-0.05, 0) is 49.2 Å². The molecule has 25 heavy (non-hydrogen) atoms. The molecule has 0 aliphatic rings. The Morgan fingerprint density at radius 2 is 1.80 bits per heavy atom. The third-order valence-corrected chi connectivity index (χ3v) is 4.56. The van der Waals surface area contributed by atoms with Crippen LogP contribution in [-0.4, -0.2) is 35.4 Å². The van der Waals surface area contributed by atoms with Gasteiger partial charge in [0.15, 0.2) is 0 Å². The van der Waals surface area contributed by atoms with E-state index >= 15 is 0 Å². The minimum absolute atomic E-state index is 0.134. The summed E-state index contributed by atoms with van der Waals surface area (Å²) in [7, 11) is 1.96.